The number of nitrogens with zero attached hydrogens (tertiary/aromatic N) is 3. The number of thioether (sulfide) groups is 1. The fourth-order valence-corrected chi connectivity index (χ4v) is 8.91. The standard InChI is InChI=1S/C19H23N3O5S.C16H36N/c1-18(2)13(17(26)27)21-15(25)12(16(21)28-18)22-11(14(24)20-19(22,3)4)9-5-7-10(23)8-6-9;1-5-9-13-17(14-10-6-2,15-11-7-3)16-12-8-4/h5-8,11-13,16,23H,1-4H3,(H,20,24)(H,26,27);5-16H2,1-4H3/q;+1/p-1/t11?,12-,13+,16-;/m1./s1. The van der Waals surface area contributed by atoms with Gasteiger partial charge in [0.2, 0.25) is 11.8 Å². The summed E-state index contributed by atoms with van der Waals surface area (Å²) in [6.45, 7) is 22.2. The molecule has 0 aromatic heterocycles. The number of amides is 2. The van der Waals surface area contributed by atoms with E-state index in [-0.39, 0.29) is 22.9 Å². The quantitative estimate of drug-likeness (QED) is 0.208. The Labute approximate surface area is 275 Å². The van der Waals surface area contributed by atoms with Gasteiger partial charge in [0.25, 0.3) is 0 Å². The normalized spacial score (nSPS) is 25.3. The first kappa shape index (κ1) is 37.2. The Balaban J connectivity index is 0.000000281. The predicted molar refractivity (Wildman–Crippen MR) is 179 cm³/mol. The van der Waals surface area contributed by atoms with Crippen LogP contribution in [0.15, 0.2) is 24.3 Å². The van der Waals surface area contributed by atoms with Crippen LogP contribution in [0.5, 0.6) is 5.75 Å². The number of carbonyl (C=O) groups is 3. The molecule has 1 unspecified atom stereocenters. The number of aromatic hydroxyl groups is 1. The molecule has 254 valence electrons. The van der Waals surface area contributed by atoms with Gasteiger partial charge in [-0.05, 0) is 71.1 Å². The smallest absolute Gasteiger partial charge is 0.244 e. The third kappa shape index (κ3) is 8.17. The van der Waals surface area contributed by atoms with Gasteiger partial charge in [-0.25, -0.2) is 0 Å². The summed E-state index contributed by atoms with van der Waals surface area (Å²) in [7, 11) is 0. The van der Waals surface area contributed by atoms with Crippen LogP contribution in [-0.4, -0.2) is 91.2 Å². The van der Waals surface area contributed by atoms with Crippen LogP contribution in [0.2, 0.25) is 0 Å². The minimum Gasteiger partial charge on any atom is -0.548 e. The van der Waals surface area contributed by atoms with E-state index in [1.54, 1.807) is 26.0 Å². The van der Waals surface area contributed by atoms with Gasteiger partial charge in [-0.2, -0.15) is 0 Å². The molecule has 2 amide bonds. The van der Waals surface area contributed by atoms with Crippen molar-refractivity contribution in [2.24, 2.45) is 0 Å². The van der Waals surface area contributed by atoms with E-state index in [1.165, 1.54) is 111 Å². The number of phenolic OH excluding ortho intramolecular Hbond substituents is 1. The maximum absolute atomic E-state index is 13.1. The Bertz CT molecular complexity index is 1120. The van der Waals surface area contributed by atoms with Crippen molar-refractivity contribution in [3.05, 3.63) is 29.8 Å². The van der Waals surface area contributed by atoms with Crippen molar-refractivity contribution in [3.8, 4) is 5.75 Å². The van der Waals surface area contributed by atoms with Gasteiger partial charge in [0.15, 0.2) is 0 Å². The van der Waals surface area contributed by atoms with Gasteiger partial charge >= 0.3 is 0 Å². The molecule has 45 heavy (non-hydrogen) atoms. The van der Waals surface area contributed by atoms with E-state index >= 15 is 0 Å². The topological polar surface area (TPSA) is 113 Å². The second kappa shape index (κ2) is 15.5. The SMILES string of the molecule is CC1(C)S[C@@H]2[C@H](N3C(c4ccc(O)cc4)C(=O)NC3(C)C)C(=O)N2[C@H]1C(=O)[O-].CCCC[N+](CCCC)(CCCC)CCCC. The number of hydrogen-bond donors (Lipinski definition) is 2. The van der Waals surface area contributed by atoms with Crippen LogP contribution >= 0.6 is 11.8 Å². The summed E-state index contributed by atoms with van der Waals surface area (Å²) >= 11 is 1.42. The van der Waals surface area contributed by atoms with Crippen LogP contribution in [0.25, 0.3) is 0 Å². The van der Waals surface area contributed by atoms with Gasteiger partial charge in [-0.15, -0.1) is 11.8 Å². The van der Waals surface area contributed by atoms with E-state index < -0.39 is 34.5 Å². The summed E-state index contributed by atoms with van der Waals surface area (Å²) in [5, 5.41) is 23.8. The Morgan fingerprint density at radius 1 is 0.889 bits per heavy atom. The molecule has 4 rings (SSSR count). The van der Waals surface area contributed by atoms with Crippen LogP contribution in [0.3, 0.4) is 0 Å². The van der Waals surface area contributed by atoms with Crippen molar-refractivity contribution in [2.45, 2.75) is 141 Å². The molecule has 1 aromatic rings. The van der Waals surface area contributed by atoms with Crippen molar-refractivity contribution in [3.63, 3.8) is 0 Å². The molecule has 3 heterocycles. The van der Waals surface area contributed by atoms with Crippen molar-refractivity contribution in [1.29, 1.82) is 0 Å². The average Bonchev–Trinajstić information content (AvgIpc) is 3.38. The van der Waals surface area contributed by atoms with Gasteiger partial charge in [-0.3, -0.25) is 14.5 Å². The first-order valence-corrected chi connectivity index (χ1v) is 18.0. The second-order valence-electron chi connectivity index (χ2n) is 14.1. The molecule has 0 bridgehead atoms. The van der Waals surface area contributed by atoms with Crippen LogP contribution in [0.1, 0.15) is 118 Å². The molecule has 4 atom stereocenters. The van der Waals surface area contributed by atoms with E-state index in [0.717, 1.165) is 0 Å². The third-order valence-electron chi connectivity index (χ3n) is 9.69. The number of benzene rings is 1. The Morgan fingerprint density at radius 3 is 1.78 bits per heavy atom. The number of carboxylic acid groups (broad SMARTS) is 1. The Morgan fingerprint density at radius 2 is 1.36 bits per heavy atom. The highest BCUT2D eigenvalue weighted by Gasteiger charge is 2.67. The highest BCUT2D eigenvalue weighted by Crippen LogP contribution is 2.54. The zero-order chi connectivity index (χ0) is 33.6. The minimum absolute atomic E-state index is 0.0868. The molecule has 0 saturated carbocycles. The first-order valence-electron chi connectivity index (χ1n) is 17.2. The van der Waals surface area contributed by atoms with Gasteiger partial charge < -0.3 is 29.7 Å². The molecule has 3 fully saturated rings. The van der Waals surface area contributed by atoms with Crippen molar-refractivity contribution in [1.82, 2.24) is 15.1 Å². The highest BCUT2D eigenvalue weighted by molar-refractivity contribution is 8.01. The number of unbranched alkanes of at least 4 members (excludes halogenated alkanes) is 4. The molecule has 0 spiro atoms. The van der Waals surface area contributed by atoms with E-state index in [9.17, 15) is 24.6 Å². The molecule has 0 radical (unpaired) electrons. The summed E-state index contributed by atoms with van der Waals surface area (Å²) in [5.74, 6) is -1.73. The molecule has 3 saturated heterocycles. The summed E-state index contributed by atoms with van der Waals surface area (Å²) in [6.07, 6.45) is 11.1. The van der Waals surface area contributed by atoms with Crippen molar-refractivity contribution < 1.29 is 29.1 Å². The van der Waals surface area contributed by atoms with Gasteiger partial charge in [-0.1, -0.05) is 65.5 Å². The third-order valence-corrected chi connectivity index (χ3v) is 11.2. The number of rotatable bonds is 15. The lowest BCUT2D eigenvalue weighted by Crippen LogP contribution is -2.74. The number of phenols is 1. The second-order valence-corrected chi connectivity index (χ2v) is 15.9. The summed E-state index contributed by atoms with van der Waals surface area (Å²) < 4.78 is 0.729. The number of carbonyl (C=O) groups excluding carboxylic acids is 3. The largest absolute Gasteiger partial charge is 0.548 e. The summed E-state index contributed by atoms with van der Waals surface area (Å²) in [6, 6.07) is 3.96. The molecular formula is C35H58N4O5S. The van der Waals surface area contributed by atoms with Crippen LogP contribution in [-0.2, 0) is 14.4 Å². The Hall–Kier alpha value is -2.30. The molecular weight excluding hydrogens is 588 g/mol. The lowest BCUT2D eigenvalue weighted by atomic mass is 9.92. The maximum Gasteiger partial charge on any atom is 0.244 e. The molecule has 10 heteroatoms. The lowest BCUT2D eigenvalue weighted by molar-refractivity contribution is -0.929. The molecule has 3 aliphatic rings. The average molecular weight is 647 g/mol. The number of β-lactam (4-membered cyclic amide) rings is 1. The van der Waals surface area contributed by atoms with E-state index in [2.05, 4.69) is 33.0 Å². The zero-order valence-corrected chi connectivity index (χ0v) is 29.8. The molecule has 3 aliphatic heterocycles. The summed E-state index contributed by atoms with van der Waals surface area (Å²) in [4.78, 5) is 40.7. The zero-order valence-electron chi connectivity index (χ0n) is 28.9. The first-order chi connectivity index (χ1) is 21.2. The molecule has 0 aliphatic carbocycles. The number of hydrogen-bond acceptors (Lipinski definition) is 7. The van der Waals surface area contributed by atoms with Crippen molar-refractivity contribution >= 4 is 29.5 Å². The predicted octanol–water partition coefficient (Wildman–Crippen LogP) is 4.79. The van der Waals surface area contributed by atoms with Gasteiger partial charge in [0.05, 0.1) is 43.9 Å². The molecule has 9 nitrogen and oxygen atoms in total. The van der Waals surface area contributed by atoms with Gasteiger partial charge in [0, 0.05) is 4.75 Å². The summed E-state index contributed by atoms with van der Waals surface area (Å²) in [5.41, 5.74) is -0.137. The maximum atomic E-state index is 13.1. The number of carboxylic acids is 1. The van der Waals surface area contributed by atoms with Crippen LogP contribution < -0.4 is 10.4 Å². The van der Waals surface area contributed by atoms with E-state index in [0.29, 0.717) is 5.56 Å². The lowest BCUT2D eigenvalue weighted by Gasteiger charge is -2.52. The number of nitrogens with one attached hydrogen (secondary N) is 1. The highest BCUT2D eigenvalue weighted by atomic mass is 32.2. The Kier molecular flexibility index (Phi) is 12.8. The number of quaternary nitrogens is 1. The monoisotopic (exact) mass is 646 g/mol. The minimum atomic E-state index is -1.27. The van der Waals surface area contributed by atoms with E-state index in [1.807, 2.05) is 18.7 Å². The van der Waals surface area contributed by atoms with Crippen LogP contribution in [0.4, 0.5) is 0 Å². The van der Waals surface area contributed by atoms with E-state index in [4.69, 9.17) is 0 Å². The fourth-order valence-electron chi connectivity index (χ4n) is 7.24. The van der Waals surface area contributed by atoms with Crippen molar-refractivity contribution in [2.75, 3.05) is 26.2 Å². The van der Waals surface area contributed by atoms with Crippen LogP contribution in [0, 0.1) is 0 Å². The molecule has 2 N–H and O–H groups in total. The molecule has 1 aromatic carbocycles. The fraction of sp³-hybridized carbons (Fsp3) is 0.743. The number of fused-ring (bicyclic) bond motifs is 1. The number of aliphatic carboxylic acids is 1. The van der Waals surface area contributed by atoms with Gasteiger partial charge in [0.1, 0.15) is 23.2 Å².